The number of hydrogen-bond acceptors (Lipinski definition) is 3. The Bertz CT molecular complexity index is 585. The number of nitrogens with zero attached hydrogens (tertiary/aromatic N) is 1. The zero-order valence-electron chi connectivity index (χ0n) is 12.3. The molecule has 0 spiro atoms. The highest BCUT2D eigenvalue weighted by Crippen LogP contribution is 2.31. The van der Waals surface area contributed by atoms with Crippen LogP contribution in [-0.2, 0) is 0 Å². The van der Waals surface area contributed by atoms with Crippen LogP contribution in [0.3, 0.4) is 0 Å². The molecule has 2 atom stereocenters. The van der Waals surface area contributed by atoms with Gasteiger partial charge in [0.25, 0.3) is 0 Å². The summed E-state index contributed by atoms with van der Waals surface area (Å²) >= 11 is 0. The summed E-state index contributed by atoms with van der Waals surface area (Å²) in [5.74, 6) is 1.34. The van der Waals surface area contributed by atoms with Crippen LogP contribution in [0.2, 0.25) is 0 Å². The van der Waals surface area contributed by atoms with Crippen LogP contribution in [0.4, 0.5) is 0 Å². The Morgan fingerprint density at radius 2 is 1.90 bits per heavy atom. The van der Waals surface area contributed by atoms with Crippen LogP contribution in [0.15, 0.2) is 54.6 Å². The average molecular weight is 283 g/mol. The Hall–Kier alpha value is -2.00. The number of aromatic hydroxyl groups is 1. The SMILES string of the molecule is CN1CC[C@@H](Oc2cccc(O)c2)[C@H](c2ccccc2)C1. The Labute approximate surface area is 125 Å². The van der Waals surface area contributed by atoms with E-state index in [9.17, 15) is 5.11 Å². The molecule has 0 unspecified atom stereocenters. The lowest BCUT2D eigenvalue weighted by Crippen LogP contribution is -2.42. The van der Waals surface area contributed by atoms with Crippen molar-refractivity contribution in [1.29, 1.82) is 0 Å². The fourth-order valence-electron chi connectivity index (χ4n) is 2.99. The molecule has 1 aliphatic heterocycles. The molecule has 1 saturated heterocycles. The molecule has 1 fully saturated rings. The Morgan fingerprint density at radius 1 is 1.10 bits per heavy atom. The van der Waals surface area contributed by atoms with Crippen LogP contribution in [0.25, 0.3) is 0 Å². The van der Waals surface area contributed by atoms with Crippen LogP contribution >= 0.6 is 0 Å². The van der Waals surface area contributed by atoms with Crippen molar-refractivity contribution < 1.29 is 9.84 Å². The second-order valence-corrected chi connectivity index (χ2v) is 5.72. The molecule has 3 rings (SSSR count). The smallest absolute Gasteiger partial charge is 0.123 e. The van der Waals surface area contributed by atoms with E-state index in [0.29, 0.717) is 5.92 Å². The zero-order chi connectivity index (χ0) is 14.7. The van der Waals surface area contributed by atoms with Crippen molar-refractivity contribution >= 4 is 0 Å². The molecule has 0 amide bonds. The molecular formula is C18H21NO2. The summed E-state index contributed by atoms with van der Waals surface area (Å²) in [7, 11) is 2.15. The van der Waals surface area contributed by atoms with Crippen molar-refractivity contribution in [2.75, 3.05) is 20.1 Å². The number of rotatable bonds is 3. The number of likely N-dealkylation sites (N-methyl/N-ethyl adjacent to an activating group) is 1. The first-order chi connectivity index (χ1) is 10.2. The number of ether oxygens (including phenoxy) is 1. The third kappa shape index (κ3) is 3.37. The maximum absolute atomic E-state index is 9.58. The Kier molecular flexibility index (Phi) is 4.11. The normalized spacial score (nSPS) is 22.9. The van der Waals surface area contributed by atoms with Gasteiger partial charge in [0.1, 0.15) is 17.6 Å². The minimum Gasteiger partial charge on any atom is -0.508 e. The van der Waals surface area contributed by atoms with Gasteiger partial charge in [-0.1, -0.05) is 36.4 Å². The van der Waals surface area contributed by atoms with Crippen molar-refractivity contribution in [3.63, 3.8) is 0 Å². The predicted molar refractivity (Wildman–Crippen MR) is 83.8 cm³/mol. The molecule has 1 heterocycles. The number of phenolic OH excluding ortho intramolecular Hbond substituents is 1. The molecule has 0 saturated carbocycles. The Balaban J connectivity index is 1.81. The van der Waals surface area contributed by atoms with E-state index in [1.54, 1.807) is 12.1 Å². The highest BCUT2D eigenvalue weighted by molar-refractivity contribution is 5.32. The topological polar surface area (TPSA) is 32.7 Å². The lowest BCUT2D eigenvalue weighted by atomic mass is 9.88. The van der Waals surface area contributed by atoms with Crippen LogP contribution in [0, 0.1) is 0 Å². The first-order valence-electron chi connectivity index (χ1n) is 7.41. The van der Waals surface area contributed by atoms with Gasteiger partial charge in [-0.15, -0.1) is 0 Å². The van der Waals surface area contributed by atoms with Crippen molar-refractivity contribution in [2.24, 2.45) is 0 Å². The highest BCUT2D eigenvalue weighted by Gasteiger charge is 2.30. The molecule has 1 N–H and O–H groups in total. The monoisotopic (exact) mass is 283 g/mol. The van der Waals surface area contributed by atoms with Crippen LogP contribution < -0.4 is 4.74 Å². The van der Waals surface area contributed by atoms with E-state index in [1.807, 2.05) is 18.2 Å². The van der Waals surface area contributed by atoms with Gasteiger partial charge in [0.15, 0.2) is 0 Å². The van der Waals surface area contributed by atoms with Gasteiger partial charge in [0.2, 0.25) is 0 Å². The molecule has 110 valence electrons. The average Bonchev–Trinajstić information content (AvgIpc) is 2.50. The number of piperidine rings is 1. The molecular weight excluding hydrogens is 262 g/mol. The molecule has 0 radical (unpaired) electrons. The summed E-state index contributed by atoms with van der Waals surface area (Å²) in [5, 5.41) is 9.58. The highest BCUT2D eigenvalue weighted by atomic mass is 16.5. The van der Waals surface area contributed by atoms with Gasteiger partial charge in [0.05, 0.1) is 0 Å². The maximum Gasteiger partial charge on any atom is 0.123 e. The van der Waals surface area contributed by atoms with E-state index >= 15 is 0 Å². The molecule has 2 aromatic rings. The summed E-state index contributed by atoms with van der Waals surface area (Å²) in [6.45, 7) is 2.03. The van der Waals surface area contributed by atoms with Gasteiger partial charge in [-0.3, -0.25) is 0 Å². The fourth-order valence-corrected chi connectivity index (χ4v) is 2.99. The molecule has 2 aromatic carbocycles. The van der Waals surface area contributed by atoms with Gasteiger partial charge in [-0.05, 0) is 31.2 Å². The summed E-state index contributed by atoms with van der Waals surface area (Å²) < 4.78 is 6.16. The summed E-state index contributed by atoms with van der Waals surface area (Å²) in [6, 6.07) is 17.6. The summed E-state index contributed by atoms with van der Waals surface area (Å²) in [6.07, 6.45) is 1.14. The summed E-state index contributed by atoms with van der Waals surface area (Å²) in [5.41, 5.74) is 1.31. The van der Waals surface area contributed by atoms with E-state index in [-0.39, 0.29) is 11.9 Å². The van der Waals surface area contributed by atoms with Crippen LogP contribution in [-0.4, -0.2) is 36.2 Å². The first-order valence-corrected chi connectivity index (χ1v) is 7.41. The van der Waals surface area contributed by atoms with E-state index in [2.05, 4.69) is 36.2 Å². The third-order valence-electron chi connectivity index (χ3n) is 4.09. The lowest BCUT2D eigenvalue weighted by molar-refractivity contribution is 0.0900. The predicted octanol–water partition coefficient (Wildman–Crippen LogP) is 3.26. The molecule has 21 heavy (non-hydrogen) atoms. The molecule has 3 heteroatoms. The van der Waals surface area contributed by atoms with Gasteiger partial charge in [0, 0.05) is 25.1 Å². The van der Waals surface area contributed by atoms with Gasteiger partial charge >= 0.3 is 0 Å². The van der Waals surface area contributed by atoms with Crippen LogP contribution in [0.1, 0.15) is 17.9 Å². The van der Waals surface area contributed by atoms with Gasteiger partial charge in [-0.2, -0.15) is 0 Å². The number of benzene rings is 2. The lowest BCUT2D eigenvalue weighted by Gasteiger charge is -2.37. The van der Waals surface area contributed by atoms with E-state index in [4.69, 9.17) is 4.74 Å². The van der Waals surface area contributed by atoms with Gasteiger partial charge in [-0.25, -0.2) is 0 Å². The van der Waals surface area contributed by atoms with Crippen LogP contribution in [0.5, 0.6) is 11.5 Å². The maximum atomic E-state index is 9.58. The second kappa shape index (κ2) is 6.19. The van der Waals surface area contributed by atoms with Crippen molar-refractivity contribution in [3.8, 4) is 11.5 Å². The summed E-state index contributed by atoms with van der Waals surface area (Å²) in [4.78, 5) is 2.35. The first kappa shape index (κ1) is 14.0. The molecule has 0 bridgehead atoms. The standard InChI is InChI=1S/C18H21NO2/c1-19-11-10-18(21-16-9-5-8-15(20)12-16)17(13-19)14-6-3-2-4-7-14/h2-9,12,17-18,20H,10-11,13H2,1H3/t17-,18+/m0/s1. The zero-order valence-corrected chi connectivity index (χ0v) is 12.3. The largest absolute Gasteiger partial charge is 0.508 e. The molecule has 1 aliphatic rings. The molecule has 0 aliphatic carbocycles. The second-order valence-electron chi connectivity index (χ2n) is 5.72. The van der Waals surface area contributed by atoms with Gasteiger partial charge < -0.3 is 14.7 Å². The number of likely N-dealkylation sites (tertiary alicyclic amines) is 1. The third-order valence-corrected chi connectivity index (χ3v) is 4.09. The number of hydrogen-bond donors (Lipinski definition) is 1. The quantitative estimate of drug-likeness (QED) is 0.938. The molecule has 0 aromatic heterocycles. The van der Waals surface area contributed by atoms with E-state index in [0.717, 1.165) is 25.3 Å². The fraction of sp³-hybridized carbons (Fsp3) is 0.333. The molecule has 3 nitrogen and oxygen atoms in total. The van der Waals surface area contributed by atoms with E-state index in [1.165, 1.54) is 5.56 Å². The van der Waals surface area contributed by atoms with Crippen molar-refractivity contribution in [1.82, 2.24) is 4.90 Å². The minimum absolute atomic E-state index is 0.144. The Morgan fingerprint density at radius 3 is 2.67 bits per heavy atom. The van der Waals surface area contributed by atoms with Crippen molar-refractivity contribution in [2.45, 2.75) is 18.4 Å². The van der Waals surface area contributed by atoms with E-state index < -0.39 is 0 Å². The van der Waals surface area contributed by atoms with Crippen molar-refractivity contribution in [3.05, 3.63) is 60.2 Å². The minimum atomic E-state index is 0.144. The number of phenols is 1.